The molecule has 0 radical (unpaired) electrons. The van der Waals surface area contributed by atoms with Gasteiger partial charge in [-0.3, -0.25) is 15.0 Å². The maximum Gasteiger partial charge on any atom is 0.282 e. The zero-order valence-corrected chi connectivity index (χ0v) is 12.9. The van der Waals surface area contributed by atoms with Gasteiger partial charge in [-0.05, 0) is 48.4 Å². The SMILES string of the molecule is COc1cccc(/C=C2\C(=O)NN(c3cccc(C)c3)C2=O)c1. The molecule has 1 aliphatic heterocycles. The molecular weight excluding hydrogens is 292 g/mol. The lowest BCUT2D eigenvalue weighted by Crippen LogP contribution is -2.35. The molecule has 0 spiro atoms. The molecule has 0 bridgehead atoms. The Kier molecular flexibility index (Phi) is 3.85. The molecule has 1 aliphatic rings. The van der Waals surface area contributed by atoms with Gasteiger partial charge < -0.3 is 4.74 Å². The fraction of sp³-hybridized carbons (Fsp3) is 0.111. The van der Waals surface area contributed by atoms with Crippen molar-refractivity contribution in [3.8, 4) is 5.75 Å². The van der Waals surface area contributed by atoms with Crippen LogP contribution in [0.4, 0.5) is 5.69 Å². The monoisotopic (exact) mass is 308 g/mol. The van der Waals surface area contributed by atoms with E-state index < -0.39 is 5.91 Å². The number of aryl methyl sites for hydroxylation is 1. The van der Waals surface area contributed by atoms with Crippen molar-refractivity contribution < 1.29 is 14.3 Å². The number of benzene rings is 2. The number of anilines is 1. The Bertz CT molecular complexity index is 811. The third-order valence-electron chi connectivity index (χ3n) is 3.56. The summed E-state index contributed by atoms with van der Waals surface area (Å²) in [5.74, 6) is -0.122. The van der Waals surface area contributed by atoms with Gasteiger partial charge in [0, 0.05) is 0 Å². The lowest BCUT2D eigenvalue weighted by Gasteiger charge is -2.14. The topological polar surface area (TPSA) is 58.6 Å². The Labute approximate surface area is 134 Å². The minimum absolute atomic E-state index is 0.0970. The van der Waals surface area contributed by atoms with Gasteiger partial charge in [0.25, 0.3) is 11.8 Å². The van der Waals surface area contributed by atoms with E-state index in [2.05, 4.69) is 5.43 Å². The van der Waals surface area contributed by atoms with Gasteiger partial charge in [0.05, 0.1) is 12.8 Å². The van der Waals surface area contributed by atoms with Crippen LogP contribution in [0.15, 0.2) is 54.1 Å². The van der Waals surface area contributed by atoms with Crippen molar-refractivity contribution in [2.75, 3.05) is 12.1 Å². The van der Waals surface area contributed by atoms with E-state index in [9.17, 15) is 9.59 Å². The van der Waals surface area contributed by atoms with Crippen molar-refractivity contribution in [1.29, 1.82) is 0 Å². The van der Waals surface area contributed by atoms with Crippen LogP contribution in [0.25, 0.3) is 6.08 Å². The Balaban J connectivity index is 1.93. The highest BCUT2D eigenvalue weighted by Gasteiger charge is 2.34. The first kappa shape index (κ1) is 14.8. The van der Waals surface area contributed by atoms with Gasteiger partial charge in [-0.1, -0.05) is 24.3 Å². The summed E-state index contributed by atoms with van der Waals surface area (Å²) in [5, 5.41) is 1.27. The number of carbonyl (C=O) groups excluding carboxylic acids is 2. The molecule has 0 saturated carbocycles. The van der Waals surface area contributed by atoms with Gasteiger partial charge in [0.2, 0.25) is 0 Å². The van der Waals surface area contributed by atoms with Crippen LogP contribution in [-0.2, 0) is 9.59 Å². The molecule has 1 N–H and O–H groups in total. The summed E-state index contributed by atoms with van der Waals surface area (Å²) in [7, 11) is 1.57. The van der Waals surface area contributed by atoms with Crippen LogP contribution in [0, 0.1) is 6.92 Å². The van der Waals surface area contributed by atoms with Crippen LogP contribution >= 0.6 is 0 Å². The molecule has 0 aliphatic carbocycles. The number of hydrogen-bond acceptors (Lipinski definition) is 3. The maximum atomic E-state index is 12.5. The van der Waals surface area contributed by atoms with Crippen LogP contribution in [0.5, 0.6) is 5.75 Å². The van der Waals surface area contributed by atoms with Gasteiger partial charge in [0.15, 0.2) is 0 Å². The molecule has 2 amide bonds. The first-order chi connectivity index (χ1) is 11.1. The number of methoxy groups -OCH3 is 1. The van der Waals surface area contributed by atoms with Gasteiger partial charge in [-0.15, -0.1) is 0 Å². The molecule has 5 heteroatoms. The molecule has 116 valence electrons. The lowest BCUT2D eigenvalue weighted by molar-refractivity contribution is -0.117. The Morgan fingerprint density at radius 1 is 1.09 bits per heavy atom. The predicted molar refractivity (Wildman–Crippen MR) is 87.8 cm³/mol. The first-order valence-electron chi connectivity index (χ1n) is 7.16. The smallest absolute Gasteiger partial charge is 0.282 e. The molecule has 0 unspecified atom stereocenters. The minimum Gasteiger partial charge on any atom is -0.497 e. The summed E-state index contributed by atoms with van der Waals surface area (Å²) >= 11 is 0. The lowest BCUT2D eigenvalue weighted by atomic mass is 10.1. The van der Waals surface area contributed by atoms with E-state index in [-0.39, 0.29) is 11.5 Å². The molecule has 0 aromatic heterocycles. The highest BCUT2D eigenvalue weighted by Crippen LogP contribution is 2.23. The van der Waals surface area contributed by atoms with E-state index >= 15 is 0 Å². The molecular formula is C18H16N2O3. The summed E-state index contributed by atoms with van der Waals surface area (Å²) in [6.45, 7) is 1.93. The number of amides is 2. The number of nitrogens with zero attached hydrogens (tertiary/aromatic N) is 1. The minimum atomic E-state index is -0.417. The van der Waals surface area contributed by atoms with Crippen LogP contribution in [0.2, 0.25) is 0 Å². The summed E-state index contributed by atoms with van der Waals surface area (Å²) < 4.78 is 5.15. The van der Waals surface area contributed by atoms with E-state index in [1.165, 1.54) is 5.01 Å². The van der Waals surface area contributed by atoms with E-state index in [4.69, 9.17) is 4.74 Å². The maximum absolute atomic E-state index is 12.5. The van der Waals surface area contributed by atoms with E-state index in [0.717, 1.165) is 11.1 Å². The molecule has 2 aromatic rings. The fourth-order valence-electron chi connectivity index (χ4n) is 2.40. The summed E-state index contributed by atoms with van der Waals surface area (Å²) in [4.78, 5) is 24.7. The summed E-state index contributed by atoms with van der Waals surface area (Å²) in [6, 6.07) is 14.6. The third-order valence-corrected chi connectivity index (χ3v) is 3.56. The fourth-order valence-corrected chi connectivity index (χ4v) is 2.40. The van der Waals surface area contributed by atoms with Crippen molar-refractivity contribution >= 4 is 23.6 Å². The molecule has 1 heterocycles. The third kappa shape index (κ3) is 2.94. The van der Waals surface area contributed by atoms with Crippen molar-refractivity contribution in [2.45, 2.75) is 6.92 Å². The highest BCUT2D eigenvalue weighted by atomic mass is 16.5. The van der Waals surface area contributed by atoms with Gasteiger partial charge in [-0.2, -0.15) is 0 Å². The number of hydrazine groups is 1. The Morgan fingerprint density at radius 3 is 2.61 bits per heavy atom. The molecule has 2 aromatic carbocycles. The van der Waals surface area contributed by atoms with Gasteiger partial charge in [0.1, 0.15) is 11.3 Å². The Morgan fingerprint density at radius 2 is 1.87 bits per heavy atom. The average Bonchev–Trinajstić information content (AvgIpc) is 2.83. The molecule has 5 nitrogen and oxygen atoms in total. The second kappa shape index (κ2) is 5.96. The zero-order chi connectivity index (χ0) is 16.4. The molecule has 0 atom stereocenters. The van der Waals surface area contributed by atoms with Gasteiger partial charge >= 0.3 is 0 Å². The van der Waals surface area contributed by atoms with Crippen LogP contribution in [-0.4, -0.2) is 18.9 Å². The summed E-state index contributed by atoms with van der Waals surface area (Å²) in [6.07, 6.45) is 1.57. The standard InChI is InChI=1S/C18H16N2O3/c1-12-5-3-7-14(9-12)20-18(22)16(17(21)19-20)11-13-6-4-8-15(10-13)23-2/h3-11H,1-2H3,(H,19,21)/b16-11+. The molecule has 1 saturated heterocycles. The van der Waals surface area contributed by atoms with Crippen LogP contribution in [0.3, 0.4) is 0 Å². The molecule has 1 fully saturated rings. The van der Waals surface area contributed by atoms with Crippen molar-refractivity contribution in [3.05, 3.63) is 65.2 Å². The number of rotatable bonds is 3. The van der Waals surface area contributed by atoms with Crippen LogP contribution in [0.1, 0.15) is 11.1 Å². The second-order valence-corrected chi connectivity index (χ2v) is 5.26. The van der Waals surface area contributed by atoms with Crippen molar-refractivity contribution in [1.82, 2.24) is 5.43 Å². The quantitative estimate of drug-likeness (QED) is 0.700. The largest absolute Gasteiger partial charge is 0.497 e. The van der Waals surface area contributed by atoms with Crippen LogP contribution < -0.4 is 15.2 Å². The number of nitrogens with one attached hydrogen (secondary N) is 1. The predicted octanol–water partition coefficient (Wildman–Crippen LogP) is 2.47. The van der Waals surface area contributed by atoms with E-state index in [1.807, 2.05) is 31.2 Å². The normalized spacial score (nSPS) is 15.9. The van der Waals surface area contributed by atoms with E-state index in [0.29, 0.717) is 11.4 Å². The highest BCUT2D eigenvalue weighted by molar-refractivity contribution is 6.31. The zero-order valence-electron chi connectivity index (χ0n) is 12.9. The Hall–Kier alpha value is -3.08. The van der Waals surface area contributed by atoms with Crippen molar-refractivity contribution in [2.24, 2.45) is 0 Å². The number of ether oxygens (including phenoxy) is 1. The van der Waals surface area contributed by atoms with Gasteiger partial charge in [-0.25, -0.2) is 5.01 Å². The first-order valence-corrected chi connectivity index (χ1v) is 7.16. The summed E-state index contributed by atoms with van der Waals surface area (Å²) in [5.41, 5.74) is 5.06. The van der Waals surface area contributed by atoms with E-state index in [1.54, 1.807) is 37.5 Å². The average molecular weight is 308 g/mol. The number of carbonyl (C=O) groups is 2. The number of hydrogen-bond donors (Lipinski definition) is 1. The molecule has 23 heavy (non-hydrogen) atoms. The second-order valence-electron chi connectivity index (χ2n) is 5.26. The van der Waals surface area contributed by atoms with Crippen molar-refractivity contribution in [3.63, 3.8) is 0 Å². The molecule has 3 rings (SSSR count).